The maximum atomic E-state index is 13.1. The van der Waals surface area contributed by atoms with Crippen LogP contribution in [0.1, 0.15) is 63.9 Å². The molecule has 12 nitrogen and oxygen atoms in total. The topological polar surface area (TPSA) is 160 Å². The van der Waals surface area contributed by atoms with E-state index in [9.17, 15) is 24.0 Å². The molecule has 0 aliphatic carbocycles. The van der Waals surface area contributed by atoms with Gasteiger partial charge in [-0.15, -0.1) is 0 Å². The minimum absolute atomic E-state index is 0.0325. The second-order valence-electron chi connectivity index (χ2n) is 9.18. The van der Waals surface area contributed by atoms with E-state index in [0.29, 0.717) is 25.8 Å². The Balaban J connectivity index is 1.93. The summed E-state index contributed by atoms with van der Waals surface area (Å²) in [6.45, 7) is 7.51. The molecule has 1 fully saturated rings. The standard InChI is InChI=1S/C23H35N5O7/c1-14(2)12-19(30)24-10-8-20(31)28-16(6-5-9-25-28)22(32)27-21(15(3)4)17(29)13-34-23(33)18-7-11-26-35-18/h7,11,14-16,21,25H,5-6,8-10,12-13H2,1-4H3,(H,24,30)(H,27,32)/t16-,21-/m0/s1. The Kier molecular flexibility index (Phi) is 10.8. The minimum Gasteiger partial charge on any atom is -0.452 e. The molecule has 0 unspecified atom stereocenters. The predicted octanol–water partition coefficient (Wildman–Crippen LogP) is 0.589. The summed E-state index contributed by atoms with van der Waals surface area (Å²) in [6, 6.07) is -0.418. The number of amides is 3. The number of hydrogen-bond acceptors (Lipinski definition) is 9. The normalized spacial score (nSPS) is 16.6. The van der Waals surface area contributed by atoms with Crippen molar-refractivity contribution >= 4 is 29.5 Å². The second kappa shape index (κ2) is 13.6. The monoisotopic (exact) mass is 493 g/mol. The van der Waals surface area contributed by atoms with Crippen molar-refractivity contribution in [1.29, 1.82) is 0 Å². The maximum absolute atomic E-state index is 13.1. The smallest absolute Gasteiger partial charge is 0.377 e. The van der Waals surface area contributed by atoms with E-state index in [1.54, 1.807) is 13.8 Å². The molecule has 0 aromatic carbocycles. The highest BCUT2D eigenvalue weighted by Crippen LogP contribution is 2.14. The van der Waals surface area contributed by atoms with Gasteiger partial charge in [0.15, 0.2) is 12.4 Å². The van der Waals surface area contributed by atoms with Gasteiger partial charge in [-0.05, 0) is 24.7 Å². The lowest BCUT2D eigenvalue weighted by Gasteiger charge is -2.36. The van der Waals surface area contributed by atoms with Crippen molar-refractivity contribution in [3.05, 3.63) is 18.0 Å². The van der Waals surface area contributed by atoms with Crippen LogP contribution in [0, 0.1) is 11.8 Å². The molecule has 1 aromatic rings. The first kappa shape index (κ1) is 28.0. The van der Waals surface area contributed by atoms with E-state index < -0.39 is 36.4 Å². The van der Waals surface area contributed by atoms with E-state index in [-0.39, 0.29) is 42.4 Å². The molecule has 3 amide bonds. The molecule has 194 valence electrons. The number of ether oxygens (including phenoxy) is 1. The largest absolute Gasteiger partial charge is 0.452 e. The molecule has 2 rings (SSSR count). The number of carbonyl (C=O) groups is 5. The van der Waals surface area contributed by atoms with Crippen LogP contribution in [0.2, 0.25) is 0 Å². The Bertz CT molecular complexity index is 885. The quantitative estimate of drug-likeness (QED) is 0.354. The van der Waals surface area contributed by atoms with Crippen LogP contribution >= 0.6 is 0 Å². The van der Waals surface area contributed by atoms with Crippen LogP contribution in [0.5, 0.6) is 0 Å². The number of aromatic nitrogens is 1. The van der Waals surface area contributed by atoms with Gasteiger partial charge in [-0.2, -0.15) is 0 Å². The lowest BCUT2D eigenvalue weighted by Crippen LogP contribution is -2.61. The minimum atomic E-state index is -0.917. The van der Waals surface area contributed by atoms with Crippen LogP contribution in [0.15, 0.2) is 16.8 Å². The lowest BCUT2D eigenvalue weighted by molar-refractivity contribution is -0.147. The van der Waals surface area contributed by atoms with Gasteiger partial charge in [-0.1, -0.05) is 32.9 Å². The van der Waals surface area contributed by atoms with Gasteiger partial charge in [0.05, 0.1) is 12.2 Å². The van der Waals surface area contributed by atoms with Crippen molar-refractivity contribution < 1.29 is 33.2 Å². The summed E-state index contributed by atoms with van der Waals surface area (Å²) in [5.74, 6) is -2.47. The molecule has 1 saturated heterocycles. The summed E-state index contributed by atoms with van der Waals surface area (Å²) in [5.41, 5.74) is 2.95. The number of ketones is 1. The molecule has 1 aliphatic heterocycles. The van der Waals surface area contributed by atoms with Gasteiger partial charge in [0, 0.05) is 32.0 Å². The third kappa shape index (κ3) is 8.78. The van der Waals surface area contributed by atoms with Crippen LogP contribution in [-0.4, -0.2) is 71.4 Å². The molecule has 2 heterocycles. The van der Waals surface area contributed by atoms with Gasteiger partial charge < -0.3 is 19.9 Å². The summed E-state index contributed by atoms with van der Waals surface area (Å²) < 4.78 is 9.67. The number of carbonyl (C=O) groups excluding carboxylic acids is 5. The third-order valence-electron chi connectivity index (χ3n) is 5.37. The number of hydrogen-bond donors (Lipinski definition) is 3. The Morgan fingerprint density at radius 3 is 2.60 bits per heavy atom. The summed E-state index contributed by atoms with van der Waals surface area (Å²) in [4.78, 5) is 62.2. The van der Waals surface area contributed by atoms with Crippen LogP contribution in [0.3, 0.4) is 0 Å². The van der Waals surface area contributed by atoms with E-state index in [1.165, 1.54) is 17.3 Å². The Morgan fingerprint density at radius 2 is 1.97 bits per heavy atom. The molecule has 12 heteroatoms. The van der Waals surface area contributed by atoms with Crippen molar-refractivity contribution in [3.8, 4) is 0 Å². The van der Waals surface area contributed by atoms with E-state index in [0.717, 1.165) is 0 Å². The van der Waals surface area contributed by atoms with Crippen molar-refractivity contribution in [1.82, 2.24) is 26.2 Å². The van der Waals surface area contributed by atoms with Crippen LogP contribution in [-0.2, 0) is 23.9 Å². The molecule has 1 aliphatic rings. The zero-order valence-corrected chi connectivity index (χ0v) is 20.7. The van der Waals surface area contributed by atoms with E-state index in [1.807, 2.05) is 13.8 Å². The van der Waals surface area contributed by atoms with Gasteiger partial charge in [-0.25, -0.2) is 10.2 Å². The van der Waals surface area contributed by atoms with Crippen molar-refractivity contribution in [2.45, 2.75) is 65.5 Å². The zero-order chi connectivity index (χ0) is 26.0. The highest BCUT2D eigenvalue weighted by molar-refractivity contribution is 5.95. The molecule has 0 saturated carbocycles. The summed E-state index contributed by atoms with van der Waals surface area (Å²) >= 11 is 0. The second-order valence-corrected chi connectivity index (χ2v) is 9.18. The molecular weight excluding hydrogens is 458 g/mol. The van der Waals surface area contributed by atoms with Gasteiger partial charge in [-0.3, -0.25) is 24.2 Å². The van der Waals surface area contributed by atoms with Crippen molar-refractivity contribution in [3.63, 3.8) is 0 Å². The highest BCUT2D eigenvalue weighted by atomic mass is 16.6. The summed E-state index contributed by atoms with van der Waals surface area (Å²) in [6.07, 6.45) is 2.77. The number of hydrazine groups is 1. The van der Waals surface area contributed by atoms with Gasteiger partial charge in [0.1, 0.15) is 6.04 Å². The molecular formula is C23H35N5O7. The number of rotatable bonds is 12. The third-order valence-corrected chi connectivity index (χ3v) is 5.37. The van der Waals surface area contributed by atoms with Crippen LogP contribution in [0.4, 0.5) is 0 Å². The molecule has 0 spiro atoms. The molecule has 0 radical (unpaired) electrons. The first-order chi connectivity index (χ1) is 16.6. The van der Waals surface area contributed by atoms with Crippen LogP contribution in [0.25, 0.3) is 0 Å². The fourth-order valence-corrected chi connectivity index (χ4v) is 3.60. The van der Waals surface area contributed by atoms with E-state index >= 15 is 0 Å². The van der Waals surface area contributed by atoms with Crippen molar-refractivity contribution in [2.75, 3.05) is 19.7 Å². The van der Waals surface area contributed by atoms with E-state index in [2.05, 4.69) is 21.2 Å². The molecule has 35 heavy (non-hydrogen) atoms. The molecule has 3 N–H and O–H groups in total. The molecule has 0 bridgehead atoms. The maximum Gasteiger partial charge on any atom is 0.377 e. The van der Waals surface area contributed by atoms with Gasteiger partial charge >= 0.3 is 5.97 Å². The predicted molar refractivity (Wildman–Crippen MR) is 124 cm³/mol. The summed E-state index contributed by atoms with van der Waals surface area (Å²) in [5, 5.41) is 10.1. The number of nitrogens with zero attached hydrogens (tertiary/aromatic N) is 2. The fourth-order valence-electron chi connectivity index (χ4n) is 3.60. The van der Waals surface area contributed by atoms with Crippen LogP contribution < -0.4 is 16.1 Å². The molecule has 2 atom stereocenters. The van der Waals surface area contributed by atoms with Crippen molar-refractivity contribution in [2.24, 2.45) is 11.8 Å². The highest BCUT2D eigenvalue weighted by Gasteiger charge is 2.35. The number of Topliss-reactive ketones (excluding diaryl/α,β-unsaturated/α-hetero) is 1. The SMILES string of the molecule is CC(C)CC(=O)NCCC(=O)N1NCCC[C@H]1C(=O)N[C@H](C(=O)COC(=O)c1ccno1)C(C)C. The van der Waals surface area contributed by atoms with Gasteiger partial charge in [0.2, 0.25) is 23.5 Å². The number of nitrogens with one attached hydrogen (secondary N) is 3. The first-order valence-corrected chi connectivity index (χ1v) is 11.8. The first-order valence-electron chi connectivity index (χ1n) is 11.8. The molecule has 1 aromatic heterocycles. The van der Waals surface area contributed by atoms with E-state index in [4.69, 9.17) is 9.26 Å². The lowest BCUT2D eigenvalue weighted by atomic mass is 9.98. The average molecular weight is 494 g/mol. The average Bonchev–Trinajstić information content (AvgIpc) is 3.35. The van der Waals surface area contributed by atoms with Gasteiger partial charge in [0.25, 0.3) is 0 Å². The zero-order valence-electron chi connectivity index (χ0n) is 20.7. The Morgan fingerprint density at radius 1 is 1.23 bits per heavy atom. The number of esters is 1. The summed E-state index contributed by atoms with van der Waals surface area (Å²) in [7, 11) is 0. The Labute approximate surface area is 204 Å². The Hall–Kier alpha value is -3.28. The fraction of sp³-hybridized carbons (Fsp3) is 0.652.